The van der Waals surface area contributed by atoms with Crippen molar-refractivity contribution in [1.29, 1.82) is 10.5 Å². The summed E-state index contributed by atoms with van der Waals surface area (Å²) in [4.78, 5) is 13.7. The molecule has 0 radical (unpaired) electrons. The lowest BCUT2D eigenvalue weighted by Gasteiger charge is -2.31. The van der Waals surface area contributed by atoms with Crippen molar-refractivity contribution >= 4 is 22.5 Å². The lowest BCUT2D eigenvalue weighted by atomic mass is 9.99. The molecule has 0 aliphatic carbocycles. The third-order valence-corrected chi connectivity index (χ3v) is 7.83. The molecule has 2 aliphatic rings. The molecule has 2 atom stereocenters. The molecule has 40 heavy (non-hydrogen) atoms. The lowest BCUT2D eigenvalue weighted by molar-refractivity contribution is 0.121. The largest absolute Gasteiger partial charge is 0.380 e. The molecule has 8 nitrogen and oxygen atoms in total. The first kappa shape index (κ1) is 25.7. The van der Waals surface area contributed by atoms with Gasteiger partial charge in [-0.2, -0.15) is 10.5 Å². The molecule has 0 N–H and O–H groups in total. The monoisotopic (exact) mass is 539 g/mol. The number of nitriles is 2. The molecule has 1 unspecified atom stereocenters. The predicted octanol–water partition coefficient (Wildman–Crippen LogP) is 5.20. The van der Waals surface area contributed by atoms with Gasteiger partial charge >= 0.3 is 0 Å². The molecule has 2 aliphatic heterocycles. The van der Waals surface area contributed by atoms with Gasteiger partial charge in [-0.1, -0.05) is 0 Å². The molecule has 2 aromatic carbocycles. The van der Waals surface area contributed by atoms with E-state index in [1.54, 1.807) is 30.0 Å². The van der Waals surface area contributed by atoms with Crippen LogP contribution < -0.4 is 9.80 Å². The van der Waals surface area contributed by atoms with Crippen molar-refractivity contribution in [1.82, 2.24) is 14.5 Å². The summed E-state index contributed by atoms with van der Waals surface area (Å²) in [6, 6.07) is 15.3. The lowest BCUT2D eigenvalue weighted by Crippen LogP contribution is -2.35. The van der Waals surface area contributed by atoms with E-state index in [-0.39, 0.29) is 23.3 Å². The highest BCUT2D eigenvalue weighted by Crippen LogP contribution is 2.36. The summed E-state index contributed by atoms with van der Waals surface area (Å²) in [5.74, 6) is -0.945. The number of hydrogen-bond donors (Lipinski definition) is 0. The Hall–Kier alpha value is -4.54. The van der Waals surface area contributed by atoms with Crippen LogP contribution in [0.5, 0.6) is 0 Å². The Balaban J connectivity index is 1.51. The number of hydrogen-bond acceptors (Lipinski definition) is 7. The quantitative estimate of drug-likeness (QED) is 0.344. The Bertz CT molecular complexity index is 1670. The second-order valence-electron chi connectivity index (χ2n) is 10.2. The maximum absolute atomic E-state index is 15.9. The van der Waals surface area contributed by atoms with Gasteiger partial charge in [-0.3, -0.25) is 4.57 Å². The topological polar surface area (TPSA) is 94.0 Å². The molecule has 0 amide bonds. The number of imidazole rings is 1. The van der Waals surface area contributed by atoms with Crippen molar-refractivity contribution in [2.75, 3.05) is 43.1 Å². The van der Waals surface area contributed by atoms with Gasteiger partial charge in [-0.05, 0) is 61.7 Å². The first-order valence-electron chi connectivity index (χ1n) is 13.3. The highest BCUT2D eigenvalue weighted by Gasteiger charge is 2.27. The fourth-order valence-electron chi connectivity index (χ4n) is 5.71. The van der Waals surface area contributed by atoms with Gasteiger partial charge in [-0.25, -0.2) is 18.7 Å². The minimum absolute atomic E-state index is 0.0865. The van der Waals surface area contributed by atoms with Crippen molar-refractivity contribution in [3.8, 4) is 29.2 Å². The Labute approximate surface area is 230 Å². The molecule has 0 saturated carbocycles. The summed E-state index contributed by atoms with van der Waals surface area (Å²) in [6.07, 6.45) is 4.33. The number of anilines is 2. The van der Waals surface area contributed by atoms with Crippen LogP contribution in [-0.2, 0) is 4.74 Å². The Morgan fingerprint density at radius 3 is 2.55 bits per heavy atom. The number of rotatable bonds is 5. The summed E-state index contributed by atoms with van der Waals surface area (Å²) in [7, 11) is 1.68. The van der Waals surface area contributed by atoms with E-state index in [0.717, 1.165) is 43.7 Å². The summed E-state index contributed by atoms with van der Waals surface area (Å²) in [5.41, 5.74) is 3.03. The van der Waals surface area contributed by atoms with Crippen LogP contribution in [0, 0.1) is 40.2 Å². The number of halogens is 2. The number of piperidine rings is 1. The van der Waals surface area contributed by atoms with Crippen LogP contribution in [-0.4, -0.2) is 53.9 Å². The van der Waals surface area contributed by atoms with Crippen molar-refractivity contribution < 1.29 is 13.5 Å². The molecule has 202 valence electrons. The molecule has 10 heteroatoms. The second-order valence-corrected chi connectivity index (χ2v) is 10.2. The van der Waals surface area contributed by atoms with Crippen LogP contribution in [0.4, 0.5) is 20.2 Å². The van der Waals surface area contributed by atoms with Gasteiger partial charge in [0.1, 0.15) is 29.0 Å². The fourth-order valence-corrected chi connectivity index (χ4v) is 5.71. The van der Waals surface area contributed by atoms with Gasteiger partial charge in [0.15, 0.2) is 5.65 Å². The van der Waals surface area contributed by atoms with Crippen LogP contribution in [0.2, 0.25) is 0 Å². The van der Waals surface area contributed by atoms with Gasteiger partial charge in [0.2, 0.25) is 0 Å². The third kappa shape index (κ3) is 4.51. The Kier molecular flexibility index (Phi) is 6.79. The standard InChI is InChI=1S/C30H27F2N7O/c1-40-23-9-12-37(18-23)22-6-7-26(25(32)14-22)39-29(20-4-5-21(16-34)24(31)13-20)36-28-27(8-10-35-30(28)39)38-11-2-3-19(15-33)17-38/h4-8,10,13-14,19,23H,2-3,9,11-12,17-18H2,1H3/t19?,23-/m0/s1. The molecule has 4 heterocycles. The van der Waals surface area contributed by atoms with Crippen molar-refractivity contribution in [2.45, 2.75) is 25.4 Å². The first-order valence-corrected chi connectivity index (χ1v) is 13.3. The van der Waals surface area contributed by atoms with Gasteiger partial charge in [-0.15, -0.1) is 0 Å². The predicted molar refractivity (Wildman–Crippen MR) is 147 cm³/mol. The summed E-state index contributed by atoms with van der Waals surface area (Å²) < 4.78 is 37.7. The maximum atomic E-state index is 15.9. The van der Waals surface area contributed by atoms with E-state index in [2.05, 4.69) is 20.9 Å². The molecule has 2 aromatic heterocycles. The molecule has 2 saturated heterocycles. The van der Waals surface area contributed by atoms with Crippen molar-refractivity contribution in [2.24, 2.45) is 5.92 Å². The second kappa shape index (κ2) is 10.6. The molecule has 4 aromatic rings. The maximum Gasteiger partial charge on any atom is 0.167 e. The van der Waals surface area contributed by atoms with E-state index in [1.807, 2.05) is 18.2 Å². The fraction of sp³-hybridized carbons (Fsp3) is 0.333. The Morgan fingerprint density at radius 1 is 0.950 bits per heavy atom. The zero-order valence-corrected chi connectivity index (χ0v) is 22.0. The van der Waals surface area contributed by atoms with E-state index >= 15 is 4.39 Å². The highest BCUT2D eigenvalue weighted by molar-refractivity contribution is 5.90. The van der Waals surface area contributed by atoms with E-state index in [4.69, 9.17) is 9.72 Å². The number of aromatic nitrogens is 3. The average molecular weight is 540 g/mol. The van der Waals surface area contributed by atoms with Crippen molar-refractivity contribution in [3.63, 3.8) is 0 Å². The zero-order valence-electron chi connectivity index (χ0n) is 22.0. The number of fused-ring (bicyclic) bond motifs is 1. The number of nitrogens with zero attached hydrogens (tertiary/aromatic N) is 7. The summed E-state index contributed by atoms with van der Waals surface area (Å²) >= 11 is 0. The summed E-state index contributed by atoms with van der Waals surface area (Å²) in [6.45, 7) is 2.77. The van der Waals surface area contributed by atoms with Gasteiger partial charge in [0.05, 0.1) is 35.0 Å². The van der Waals surface area contributed by atoms with E-state index < -0.39 is 11.6 Å². The highest BCUT2D eigenvalue weighted by atomic mass is 19.1. The molecule has 6 rings (SSSR count). The van der Waals surface area contributed by atoms with Crippen LogP contribution in [0.3, 0.4) is 0 Å². The average Bonchev–Trinajstić information content (AvgIpc) is 3.62. The molecular formula is C30H27F2N7O. The number of pyridine rings is 1. The summed E-state index contributed by atoms with van der Waals surface area (Å²) in [5, 5.41) is 18.7. The van der Waals surface area contributed by atoms with Crippen LogP contribution >= 0.6 is 0 Å². The molecule has 0 bridgehead atoms. The number of ether oxygens (including phenoxy) is 1. The van der Waals surface area contributed by atoms with Crippen LogP contribution in [0.25, 0.3) is 28.2 Å². The zero-order chi connectivity index (χ0) is 27.8. The number of benzene rings is 2. The van der Waals surface area contributed by atoms with Gasteiger partial charge < -0.3 is 14.5 Å². The normalized spacial score (nSPS) is 19.1. The first-order chi connectivity index (χ1) is 19.5. The third-order valence-electron chi connectivity index (χ3n) is 7.83. The van der Waals surface area contributed by atoms with Gasteiger partial charge in [0.25, 0.3) is 0 Å². The van der Waals surface area contributed by atoms with E-state index in [0.29, 0.717) is 35.6 Å². The number of methoxy groups -OCH3 is 1. The molecule has 2 fully saturated rings. The minimum atomic E-state index is -0.683. The Morgan fingerprint density at radius 2 is 1.82 bits per heavy atom. The smallest absolute Gasteiger partial charge is 0.167 e. The van der Waals surface area contributed by atoms with Crippen LogP contribution in [0.15, 0.2) is 48.7 Å². The SMILES string of the molecule is CO[C@H]1CCN(c2ccc(-n3c(-c4ccc(C#N)c(F)c4)nc4c(N5CCCC(C#N)C5)ccnc43)c(F)c2)C1. The van der Waals surface area contributed by atoms with E-state index in [1.165, 1.54) is 18.2 Å². The van der Waals surface area contributed by atoms with Gasteiger partial charge in [0, 0.05) is 50.7 Å². The molecular weight excluding hydrogens is 512 g/mol. The molecule has 0 spiro atoms. The minimum Gasteiger partial charge on any atom is -0.380 e. The van der Waals surface area contributed by atoms with Crippen LogP contribution in [0.1, 0.15) is 24.8 Å². The van der Waals surface area contributed by atoms with Crippen molar-refractivity contribution in [3.05, 3.63) is 65.9 Å². The van der Waals surface area contributed by atoms with E-state index in [9.17, 15) is 14.9 Å².